The molecule has 0 radical (unpaired) electrons. The summed E-state index contributed by atoms with van der Waals surface area (Å²) in [7, 11) is 1.60. The first-order chi connectivity index (χ1) is 12.4. The highest BCUT2D eigenvalue weighted by Gasteiger charge is 2.44. The Hall–Kier alpha value is -2.34. The van der Waals surface area contributed by atoms with Crippen molar-refractivity contribution in [3.05, 3.63) is 42.0 Å². The van der Waals surface area contributed by atoms with Gasteiger partial charge in [-0.1, -0.05) is 31.1 Å². The lowest BCUT2D eigenvalue weighted by atomic mass is 9.77. The smallest absolute Gasteiger partial charge is 0.328 e. The Balaban J connectivity index is 2.26. The lowest BCUT2D eigenvalue weighted by Gasteiger charge is -2.30. The number of carboxylic acids is 1. The molecule has 142 valence electrons. The van der Waals surface area contributed by atoms with Gasteiger partial charge in [-0.25, -0.2) is 4.79 Å². The number of carbonyl (C=O) groups is 2. The number of carboxylic acid groups (broad SMARTS) is 1. The third kappa shape index (κ3) is 4.25. The molecule has 1 aromatic carbocycles. The van der Waals surface area contributed by atoms with E-state index >= 15 is 0 Å². The van der Waals surface area contributed by atoms with Crippen LogP contribution in [0.25, 0.3) is 0 Å². The van der Waals surface area contributed by atoms with Crippen molar-refractivity contribution in [3.63, 3.8) is 0 Å². The van der Waals surface area contributed by atoms with Crippen LogP contribution in [0.4, 0.5) is 0 Å². The van der Waals surface area contributed by atoms with Crippen LogP contribution in [0.5, 0.6) is 5.75 Å². The summed E-state index contributed by atoms with van der Waals surface area (Å²) < 4.78 is 10.6. The summed E-state index contributed by atoms with van der Waals surface area (Å²) in [5, 5.41) is 12.1. The molecule has 1 aliphatic rings. The van der Waals surface area contributed by atoms with Gasteiger partial charge in [0.2, 0.25) is 5.91 Å². The van der Waals surface area contributed by atoms with Gasteiger partial charge in [-0.3, -0.25) is 4.79 Å². The van der Waals surface area contributed by atoms with Gasteiger partial charge in [-0.15, -0.1) is 6.58 Å². The monoisotopic (exact) mass is 361 g/mol. The molecule has 2 rings (SSSR count). The zero-order valence-corrected chi connectivity index (χ0v) is 15.4. The first-order valence-corrected chi connectivity index (χ1v) is 8.82. The van der Waals surface area contributed by atoms with Crippen LogP contribution in [0, 0.1) is 6.92 Å². The number of rotatable bonds is 9. The van der Waals surface area contributed by atoms with Crippen LogP contribution in [-0.2, 0) is 19.7 Å². The number of benzene rings is 1. The fourth-order valence-corrected chi connectivity index (χ4v) is 3.48. The molecule has 2 N–H and O–H groups in total. The number of hydrogen-bond acceptors (Lipinski definition) is 4. The number of nitrogens with one attached hydrogen (secondary N) is 1. The average molecular weight is 361 g/mol. The van der Waals surface area contributed by atoms with E-state index in [2.05, 4.69) is 11.9 Å². The van der Waals surface area contributed by atoms with Crippen LogP contribution in [0.3, 0.4) is 0 Å². The summed E-state index contributed by atoms with van der Waals surface area (Å²) in [5.74, 6) is -0.654. The Bertz CT molecular complexity index is 664. The van der Waals surface area contributed by atoms with Gasteiger partial charge in [0.15, 0.2) is 6.04 Å². The van der Waals surface area contributed by atoms with Crippen LogP contribution >= 0.6 is 0 Å². The third-order valence-corrected chi connectivity index (χ3v) is 4.98. The second-order valence-electron chi connectivity index (χ2n) is 6.66. The standard InChI is InChI=1S/C20H27NO5/c1-4-11-26-13-16(18(22)23)21-19(24)20(9-5-6-10-20)15-8-7-14(2)17(12-15)25-3/h4,7-8,12,16H,1,5-6,9-11,13H2,2-3H3,(H,21,24)(H,22,23). The Morgan fingerprint density at radius 3 is 2.65 bits per heavy atom. The normalized spacial score (nSPS) is 16.7. The third-order valence-electron chi connectivity index (χ3n) is 4.98. The van der Waals surface area contributed by atoms with E-state index in [9.17, 15) is 14.7 Å². The molecule has 1 unspecified atom stereocenters. The first-order valence-electron chi connectivity index (χ1n) is 8.82. The zero-order valence-electron chi connectivity index (χ0n) is 15.4. The van der Waals surface area contributed by atoms with E-state index in [0.717, 1.165) is 29.7 Å². The first kappa shape index (κ1) is 20.0. The van der Waals surface area contributed by atoms with Crippen molar-refractivity contribution in [3.8, 4) is 5.75 Å². The minimum absolute atomic E-state index is 0.0968. The highest BCUT2D eigenvalue weighted by molar-refractivity contribution is 5.92. The number of aryl methyl sites for hydroxylation is 1. The Morgan fingerprint density at radius 2 is 2.08 bits per heavy atom. The van der Waals surface area contributed by atoms with Crippen molar-refractivity contribution in [2.75, 3.05) is 20.3 Å². The van der Waals surface area contributed by atoms with Crippen molar-refractivity contribution in [2.45, 2.75) is 44.1 Å². The summed E-state index contributed by atoms with van der Waals surface area (Å²) >= 11 is 0. The number of carbonyl (C=O) groups excluding carboxylic acids is 1. The largest absolute Gasteiger partial charge is 0.496 e. The van der Waals surface area contributed by atoms with Gasteiger partial charge in [0.1, 0.15) is 5.75 Å². The molecule has 6 heteroatoms. The van der Waals surface area contributed by atoms with Crippen molar-refractivity contribution >= 4 is 11.9 Å². The van der Waals surface area contributed by atoms with Gasteiger partial charge in [-0.2, -0.15) is 0 Å². The molecule has 1 saturated carbocycles. The summed E-state index contributed by atoms with van der Waals surface area (Å²) in [4.78, 5) is 24.6. The number of amides is 1. The Morgan fingerprint density at radius 1 is 1.38 bits per heavy atom. The van der Waals surface area contributed by atoms with Crippen molar-refractivity contribution in [1.29, 1.82) is 0 Å². The van der Waals surface area contributed by atoms with Crippen LogP contribution < -0.4 is 10.1 Å². The maximum Gasteiger partial charge on any atom is 0.328 e. The fraction of sp³-hybridized carbons (Fsp3) is 0.500. The summed E-state index contributed by atoms with van der Waals surface area (Å²) in [6, 6.07) is 4.67. The van der Waals surface area contributed by atoms with E-state index < -0.39 is 17.4 Å². The van der Waals surface area contributed by atoms with E-state index in [1.807, 2.05) is 25.1 Å². The van der Waals surface area contributed by atoms with Gasteiger partial charge in [0, 0.05) is 0 Å². The summed E-state index contributed by atoms with van der Waals surface area (Å²) in [5.41, 5.74) is 1.13. The summed E-state index contributed by atoms with van der Waals surface area (Å²) in [6.45, 7) is 5.61. The predicted molar refractivity (Wildman–Crippen MR) is 98.5 cm³/mol. The molecule has 0 bridgehead atoms. The second-order valence-corrected chi connectivity index (χ2v) is 6.66. The molecule has 1 aromatic rings. The molecule has 0 saturated heterocycles. The van der Waals surface area contributed by atoms with Crippen LogP contribution in [-0.4, -0.2) is 43.3 Å². The van der Waals surface area contributed by atoms with Crippen molar-refractivity contribution in [2.24, 2.45) is 0 Å². The second kappa shape index (κ2) is 8.85. The number of methoxy groups -OCH3 is 1. The molecule has 0 spiro atoms. The zero-order chi connectivity index (χ0) is 19.2. The molecule has 6 nitrogen and oxygen atoms in total. The summed E-state index contributed by atoms with van der Waals surface area (Å²) in [6.07, 6.45) is 4.76. The minimum Gasteiger partial charge on any atom is -0.496 e. The van der Waals surface area contributed by atoms with E-state index in [-0.39, 0.29) is 19.1 Å². The number of hydrogen-bond donors (Lipinski definition) is 2. The van der Waals surface area contributed by atoms with E-state index in [1.165, 1.54) is 6.08 Å². The molecule has 1 aliphatic carbocycles. The Kier molecular flexibility index (Phi) is 6.80. The lowest BCUT2D eigenvalue weighted by molar-refractivity contribution is -0.144. The maximum absolute atomic E-state index is 13.1. The van der Waals surface area contributed by atoms with E-state index in [1.54, 1.807) is 7.11 Å². The molecule has 1 fully saturated rings. The van der Waals surface area contributed by atoms with Gasteiger partial charge in [0.05, 0.1) is 25.7 Å². The van der Waals surface area contributed by atoms with Gasteiger partial charge >= 0.3 is 5.97 Å². The quantitative estimate of drug-likeness (QED) is 0.522. The number of ether oxygens (including phenoxy) is 2. The molecular weight excluding hydrogens is 334 g/mol. The Labute approximate surface area is 154 Å². The lowest BCUT2D eigenvalue weighted by Crippen LogP contribution is -2.51. The van der Waals surface area contributed by atoms with Crippen LogP contribution in [0.1, 0.15) is 36.8 Å². The van der Waals surface area contributed by atoms with Crippen LogP contribution in [0.2, 0.25) is 0 Å². The SMILES string of the molecule is C=CCOCC(NC(=O)C1(c2ccc(C)c(OC)c2)CCCC1)C(=O)O. The predicted octanol–water partition coefficient (Wildman–Crippen LogP) is 2.59. The molecule has 0 heterocycles. The minimum atomic E-state index is -1.11. The molecular formula is C20H27NO5. The van der Waals surface area contributed by atoms with Crippen molar-refractivity contribution in [1.82, 2.24) is 5.32 Å². The fourth-order valence-electron chi connectivity index (χ4n) is 3.48. The van der Waals surface area contributed by atoms with E-state index in [0.29, 0.717) is 12.8 Å². The van der Waals surface area contributed by atoms with Gasteiger partial charge in [-0.05, 0) is 37.0 Å². The topological polar surface area (TPSA) is 84.9 Å². The molecule has 0 aliphatic heterocycles. The molecule has 1 amide bonds. The average Bonchev–Trinajstić information content (AvgIpc) is 3.12. The van der Waals surface area contributed by atoms with Gasteiger partial charge < -0.3 is 19.9 Å². The molecule has 0 aromatic heterocycles. The van der Waals surface area contributed by atoms with Crippen LogP contribution in [0.15, 0.2) is 30.9 Å². The molecule has 26 heavy (non-hydrogen) atoms. The number of aliphatic carboxylic acids is 1. The molecule has 1 atom stereocenters. The van der Waals surface area contributed by atoms with E-state index in [4.69, 9.17) is 9.47 Å². The van der Waals surface area contributed by atoms with Gasteiger partial charge in [0.25, 0.3) is 0 Å². The highest BCUT2D eigenvalue weighted by Crippen LogP contribution is 2.42. The maximum atomic E-state index is 13.1. The van der Waals surface area contributed by atoms with Crippen molar-refractivity contribution < 1.29 is 24.2 Å². The highest BCUT2D eigenvalue weighted by atomic mass is 16.5.